The highest BCUT2D eigenvalue weighted by Crippen LogP contribution is 2.21. The Labute approximate surface area is 210 Å². The summed E-state index contributed by atoms with van der Waals surface area (Å²) in [6.07, 6.45) is 1.53. The molecule has 1 aliphatic heterocycles. The van der Waals surface area contributed by atoms with Gasteiger partial charge < -0.3 is 19.7 Å². The van der Waals surface area contributed by atoms with Gasteiger partial charge in [-0.3, -0.25) is 9.59 Å². The van der Waals surface area contributed by atoms with Gasteiger partial charge in [0.1, 0.15) is 17.6 Å². The molecule has 3 rings (SSSR count). The zero-order valence-electron chi connectivity index (χ0n) is 20.1. The van der Waals surface area contributed by atoms with Gasteiger partial charge in [0.25, 0.3) is 5.91 Å². The molecule has 2 amide bonds. The van der Waals surface area contributed by atoms with Crippen LogP contribution in [0, 0.1) is 5.82 Å². The second-order valence-corrected chi connectivity index (χ2v) is 10.1. The van der Waals surface area contributed by atoms with E-state index in [1.807, 2.05) is 0 Å². The van der Waals surface area contributed by atoms with Crippen molar-refractivity contribution in [3.63, 3.8) is 0 Å². The van der Waals surface area contributed by atoms with Crippen LogP contribution in [0.15, 0.2) is 66.1 Å². The van der Waals surface area contributed by atoms with Crippen LogP contribution in [0.2, 0.25) is 0 Å². The van der Waals surface area contributed by atoms with Gasteiger partial charge in [0.05, 0.1) is 18.1 Å². The number of halogens is 1. The molecule has 1 N–H and O–H groups in total. The molecular weight excluding hydrogens is 489 g/mol. The molecule has 1 saturated heterocycles. The topological polar surface area (TPSA) is 105 Å². The van der Waals surface area contributed by atoms with Gasteiger partial charge in [0.2, 0.25) is 15.9 Å². The zero-order valence-corrected chi connectivity index (χ0v) is 20.9. The van der Waals surface area contributed by atoms with Gasteiger partial charge in [-0.15, -0.1) is 6.58 Å². The van der Waals surface area contributed by atoms with E-state index in [2.05, 4.69) is 11.9 Å². The Morgan fingerprint density at radius 1 is 1.17 bits per heavy atom. The Balaban J connectivity index is 1.68. The second kappa shape index (κ2) is 12.6. The first-order chi connectivity index (χ1) is 17.2. The van der Waals surface area contributed by atoms with Crippen molar-refractivity contribution in [1.29, 1.82) is 0 Å². The van der Waals surface area contributed by atoms with Crippen LogP contribution in [0.4, 0.5) is 4.39 Å². The lowest BCUT2D eigenvalue weighted by molar-refractivity contribution is -0.142. The van der Waals surface area contributed by atoms with Crippen LogP contribution in [0.3, 0.4) is 0 Å². The monoisotopic (exact) mass is 519 g/mol. The van der Waals surface area contributed by atoms with Crippen molar-refractivity contribution >= 4 is 21.8 Å². The number of nitrogens with one attached hydrogen (secondary N) is 1. The fraction of sp³-hybridized carbons (Fsp3) is 0.360. The SMILES string of the molecule is C=CCNC(=O)C(C)N(Cc1ccc(F)cc1)C(=O)COc1ccc(S(=O)(=O)N2CCOCC2)cc1. The highest BCUT2D eigenvalue weighted by Gasteiger charge is 2.28. The molecule has 2 aromatic rings. The first-order valence-corrected chi connectivity index (χ1v) is 12.9. The number of hydrogen-bond donors (Lipinski definition) is 1. The molecule has 0 radical (unpaired) electrons. The van der Waals surface area contributed by atoms with Gasteiger partial charge in [-0.1, -0.05) is 18.2 Å². The summed E-state index contributed by atoms with van der Waals surface area (Å²) in [6, 6.07) is 10.6. The number of morpholine rings is 1. The van der Waals surface area contributed by atoms with Crippen LogP contribution >= 0.6 is 0 Å². The highest BCUT2D eigenvalue weighted by atomic mass is 32.2. The maximum Gasteiger partial charge on any atom is 0.261 e. The van der Waals surface area contributed by atoms with Gasteiger partial charge in [-0.25, -0.2) is 12.8 Å². The molecule has 0 aliphatic carbocycles. The summed E-state index contributed by atoms with van der Waals surface area (Å²) < 4.78 is 51.0. The first kappa shape index (κ1) is 27.3. The Morgan fingerprint density at radius 3 is 2.42 bits per heavy atom. The number of carbonyl (C=O) groups excluding carboxylic acids is 2. The van der Waals surface area contributed by atoms with Crippen LogP contribution in [0.5, 0.6) is 5.75 Å². The zero-order chi connectivity index (χ0) is 26.1. The minimum absolute atomic E-state index is 0.0713. The third kappa shape index (κ3) is 7.12. The van der Waals surface area contributed by atoms with Gasteiger partial charge in [-0.2, -0.15) is 4.31 Å². The Kier molecular flexibility index (Phi) is 9.57. The maximum atomic E-state index is 13.3. The normalized spacial score (nSPS) is 15.1. The fourth-order valence-electron chi connectivity index (χ4n) is 3.56. The second-order valence-electron chi connectivity index (χ2n) is 8.13. The molecule has 1 atom stereocenters. The maximum absolute atomic E-state index is 13.3. The molecule has 0 aromatic heterocycles. The minimum atomic E-state index is -3.65. The van der Waals surface area contributed by atoms with Crippen molar-refractivity contribution < 1.29 is 31.9 Å². The van der Waals surface area contributed by atoms with E-state index in [4.69, 9.17) is 9.47 Å². The quantitative estimate of drug-likeness (QED) is 0.455. The molecule has 1 heterocycles. The molecule has 9 nitrogen and oxygen atoms in total. The number of amides is 2. The van der Waals surface area contributed by atoms with Crippen LogP contribution in [0.25, 0.3) is 0 Å². The number of nitrogens with zero attached hydrogens (tertiary/aromatic N) is 2. The van der Waals surface area contributed by atoms with E-state index in [-0.39, 0.29) is 43.6 Å². The van der Waals surface area contributed by atoms with Crippen LogP contribution in [-0.4, -0.2) is 74.9 Å². The summed E-state index contributed by atoms with van der Waals surface area (Å²) in [5, 5.41) is 2.66. The Morgan fingerprint density at radius 2 is 1.81 bits per heavy atom. The van der Waals surface area contributed by atoms with E-state index < -0.39 is 27.8 Å². The van der Waals surface area contributed by atoms with Gasteiger partial charge in [0.15, 0.2) is 6.61 Å². The van der Waals surface area contributed by atoms with E-state index in [0.29, 0.717) is 24.5 Å². The van der Waals surface area contributed by atoms with Crippen molar-refractivity contribution in [3.05, 3.63) is 72.6 Å². The van der Waals surface area contributed by atoms with E-state index in [0.717, 1.165) is 0 Å². The number of benzene rings is 2. The number of hydrogen-bond acceptors (Lipinski definition) is 6. The van der Waals surface area contributed by atoms with Gasteiger partial charge in [0, 0.05) is 26.2 Å². The lowest BCUT2D eigenvalue weighted by Gasteiger charge is -2.28. The van der Waals surface area contributed by atoms with Crippen molar-refractivity contribution in [2.75, 3.05) is 39.5 Å². The fourth-order valence-corrected chi connectivity index (χ4v) is 4.97. The average Bonchev–Trinajstić information content (AvgIpc) is 2.90. The third-order valence-electron chi connectivity index (χ3n) is 5.65. The smallest absolute Gasteiger partial charge is 0.261 e. The Hall–Kier alpha value is -3.28. The van der Waals surface area contributed by atoms with E-state index in [1.165, 1.54) is 51.7 Å². The molecule has 1 aliphatic rings. The molecule has 0 bridgehead atoms. The summed E-state index contributed by atoms with van der Waals surface area (Å²) in [4.78, 5) is 27.0. The summed E-state index contributed by atoms with van der Waals surface area (Å²) in [5.74, 6) is -0.945. The number of carbonyl (C=O) groups is 2. The lowest BCUT2D eigenvalue weighted by Crippen LogP contribution is -2.49. The molecule has 2 aromatic carbocycles. The molecule has 0 saturated carbocycles. The lowest BCUT2D eigenvalue weighted by atomic mass is 10.1. The molecule has 194 valence electrons. The summed E-state index contributed by atoms with van der Waals surface area (Å²) in [6.45, 7) is 6.37. The molecule has 11 heteroatoms. The third-order valence-corrected chi connectivity index (χ3v) is 7.56. The van der Waals surface area contributed by atoms with E-state index in [9.17, 15) is 22.4 Å². The molecule has 1 fully saturated rings. The first-order valence-electron chi connectivity index (χ1n) is 11.5. The summed E-state index contributed by atoms with van der Waals surface area (Å²) in [7, 11) is -3.65. The Bertz CT molecular complexity index is 1150. The minimum Gasteiger partial charge on any atom is -0.484 e. The molecule has 0 spiro atoms. The van der Waals surface area contributed by atoms with Crippen molar-refractivity contribution in [2.45, 2.75) is 24.4 Å². The van der Waals surface area contributed by atoms with Crippen LogP contribution < -0.4 is 10.1 Å². The summed E-state index contributed by atoms with van der Waals surface area (Å²) >= 11 is 0. The number of sulfonamides is 1. The summed E-state index contributed by atoms with van der Waals surface area (Å²) in [5.41, 5.74) is 0.644. The molecular formula is C25H30FN3O6S. The molecule has 36 heavy (non-hydrogen) atoms. The predicted octanol–water partition coefficient (Wildman–Crippen LogP) is 1.94. The van der Waals surface area contributed by atoms with E-state index in [1.54, 1.807) is 19.1 Å². The van der Waals surface area contributed by atoms with Crippen molar-refractivity contribution in [3.8, 4) is 5.75 Å². The van der Waals surface area contributed by atoms with Crippen molar-refractivity contribution in [2.24, 2.45) is 0 Å². The number of ether oxygens (including phenoxy) is 2. The standard InChI is InChI=1S/C25H30FN3O6S/c1-3-12-27-25(31)19(2)29(17-20-4-6-21(26)7-5-20)24(30)18-35-22-8-10-23(11-9-22)36(32,33)28-13-15-34-16-14-28/h3-11,19H,1,12-18H2,2H3,(H,27,31). The van der Waals surface area contributed by atoms with E-state index >= 15 is 0 Å². The van der Waals surface area contributed by atoms with Gasteiger partial charge in [-0.05, 0) is 48.9 Å². The van der Waals surface area contributed by atoms with Gasteiger partial charge >= 0.3 is 0 Å². The predicted molar refractivity (Wildman–Crippen MR) is 131 cm³/mol. The van der Waals surface area contributed by atoms with Crippen LogP contribution in [0.1, 0.15) is 12.5 Å². The van der Waals surface area contributed by atoms with Crippen LogP contribution in [-0.2, 0) is 30.9 Å². The van der Waals surface area contributed by atoms with Crippen molar-refractivity contribution in [1.82, 2.24) is 14.5 Å². The number of rotatable bonds is 11. The largest absolute Gasteiger partial charge is 0.484 e. The average molecular weight is 520 g/mol. The highest BCUT2D eigenvalue weighted by molar-refractivity contribution is 7.89. The molecule has 1 unspecified atom stereocenters.